The van der Waals surface area contributed by atoms with E-state index in [0.717, 1.165) is 11.1 Å². The van der Waals surface area contributed by atoms with Crippen LogP contribution in [0.1, 0.15) is 36.1 Å². The molecule has 118 valence electrons. The van der Waals surface area contributed by atoms with Crippen LogP contribution in [-0.4, -0.2) is 16.9 Å². The molecule has 3 atom stereocenters. The molecule has 0 aromatic heterocycles. The molecule has 3 rings (SSSR count). The maximum absolute atomic E-state index is 12.6. The molecule has 23 heavy (non-hydrogen) atoms. The summed E-state index contributed by atoms with van der Waals surface area (Å²) >= 11 is 0. The first-order valence-electron chi connectivity index (χ1n) is 7.75. The van der Waals surface area contributed by atoms with Crippen LogP contribution in [0.2, 0.25) is 0 Å². The minimum absolute atomic E-state index is 0.00820. The number of piperidine rings is 1. The van der Waals surface area contributed by atoms with Crippen molar-refractivity contribution in [3.63, 3.8) is 0 Å². The highest BCUT2D eigenvalue weighted by atomic mass is 16.4. The smallest absolute Gasteiger partial charge is 0.304 e. The summed E-state index contributed by atoms with van der Waals surface area (Å²) < 4.78 is 0. The number of carboxylic acids is 1. The second-order valence-electron chi connectivity index (χ2n) is 5.89. The molecule has 0 aliphatic carbocycles. The van der Waals surface area contributed by atoms with Gasteiger partial charge in [-0.25, -0.2) is 0 Å². The van der Waals surface area contributed by atoms with Gasteiger partial charge in [-0.3, -0.25) is 9.59 Å². The third-order valence-electron chi connectivity index (χ3n) is 4.36. The van der Waals surface area contributed by atoms with Crippen LogP contribution in [0.5, 0.6) is 0 Å². The van der Waals surface area contributed by atoms with Crippen molar-refractivity contribution < 1.29 is 14.7 Å². The maximum Gasteiger partial charge on any atom is 0.304 e. The Morgan fingerprint density at radius 2 is 1.57 bits per heavy atom. The Morgan fingerprint density at radius 1 is 1.00 bits per heavy atom. The number of carbonyl (C=O) groups is 2. The van der Waals surface area contributed by atoms with Gasteiger partial charge in [-0.15, -0.1) is 0 Å². The molecule has 1 aliphatic rings. The highest BCUT2D eigenvalue weighted by Crippen LogP contribution is 2.36. The highest BCUT2D eigenvalue weighted by Gasteiger charge is 2.38. The van der Waals surface area contributed by atoms with Crippen LogP contribution >= 0.6 is 0 Å². The van der Waals surface area contributed by atoms with E-state index in [1.54, 1.807) is 0 Å². The fraction of sp³-hybridized carbons (Fsp3) is 0.263. The lowest BCUT2D eigenvalue weighted by Crippen LogP contribution is -2.43. The SMILES string of the molecule is O=C(O)CC1C(=O)CC(c2ccccc2)NC1c1ccccc1. The van der Waals surface area contributed by atoms with E-state index in [4.69, 9.17) is 5.11 Å². The Hall–Kier alpha value is -2.46. The van der Waals surface area contributed by atoms with Gasteiger partial charge in [-0.1, -0.05) is 60.7 Å². The van der Waals surface area contributed by atoms with Gasteiger partial charge in [0.2, 0.25) is 0 Å². The lowest BCUT2D eigenvalue weighted by molar-refractivity contribution is -0.142. The quantitative estimate of drug-likeness (QED) is 0.910. The van der Waals surface area contributed by atoms with Gasteiger partial charge in [0.05, 0.1) is 6.42 Å². The van der Waals surface area contributed by atoms with Crippen LogP contribution in [0.25, 0.3) is 0 Å². The molecule has 0 spiro atoms. The van der Waals surface area contributed by atoms with Crippen LogP contribution in [0.3, 0.4) is 0 Å². The molecular formula is C19H19NO3. The van der Waals surface area contributed by atoms with Crippen molar-refractivity contribution in [2.24, 2.45) is 5.92 Å². The summed E-state index contributed by atoms with van der Waals surface area (Å²) in [5, 5.41) is 12.6. The van der Waals surface area contributed by atoms with Gasteiger partial charge in [0, 0.05) is 24.4 Å². The van der Waals surface area contributed by atoms with Gasteiger partial charge in [-0.2, -0.15) is 0 Å². The lowest BCUT2D eigenvalue weighted by Gasteiger charge is -2.36. The van der Waals surface area contributed by atoms with Gasteiger partial charge >= 0.3 is 5.97 Å². The summed E-state index contributed by atoms with van der Waals surface area (Å²) in [4.78, 5) is 23.8. The van der Waals surface area contributed by atoms with E-state index in [2.05, 4.69) is 5.32 Å². The molecule has 0 saturated carbocycles. The number of carboxylic acid groups (broad SMARTS) is 1. The van der Waals surface area contributed by atoms with E-state index < -0.39 is 11.9 Å². The monoisotopic (exact) mass is 309 g/mol. The van der Waals surface area contributed by atoms with Crippen molar-refractivity contribution >= 4 is 11.8 Å². The number of benzene rings is 2. The van der Waals surface area contributed by atoms with Crippen molar-refractivity contribution in [2.45, 2.75) is 24.9 Å². The van der Waals surface area contributed by atoms with E-state index in [0.29, 0.717) is 6.42 Å². The van der Waals surface area contributed by atoms with Crippen LogP contribution in [-0.2, 0) is 9.59 Å². The molecule has 1 heterocycles. The average Bonchev–Trinajstić information content (AvgIpc) is 2.58. The van der Waals surface area contributed by atoms with Crippen molar-refractivity contribution in [3.8, 4) is 0 Å². The van der Waals surface area contributed by atoms with E-state index in [9.17, 15) is 9.59 Å². The molecule has 4 nitrogen and oxygen atoms in total. The number of carbonyl (C=O) groups excluding carboxylic acids is 1. The van der Waals surface area contributed by atoms with Crippen LogP contribution in [0, 0.1) is 5.92 Å². The molecule has 1 fully saturated rings. The van der Waals surface area contributed by atoms with Gasteiger partial charge < -0.3 is 10.4 Å². The minimum atomic E-state index is -0.941. The van der Waals surface area contributed by atoms with Gasteiger partial charge in [-0.05, 0) is 11.1 Å². The first-order valence-corrected chi connectivity index (χ1v) is 7.75. The van der Waals surface area contributed by atoms with E-state index >= 15 is 0 Å². The predicted octanol–water partition coefficient (Wildman–Crippen LogP) is 3.12. The highest BCUT2D eigenvalue weighted by molar-refractivity contribution is 5.87. The lowest BCUT2D eigenvalue weighted by atomic mass is 9.79. The second-order valence-corrected chi connectivity index (χ2v) is 5.89. The maximum atomic E-state index is 12.6. The molecule has 0 amide bonds. The minimum Gasteiger partial charge on any atom is -0.481 e. The number of Topliss-reactive ketones (excluding diaryl/α,β-unsaturated/α-hetero) is 1. The van der Waals surface area contributed by atoms with Crippen molar-refractivity contribution in [1.29, 1.82) is 0 Å². The first-order chi connectivity index (χ1) is 11.1. The summed E-state index contributed by atoms with van der Waals surface area (Å²) in [5.41, 5.74) is 2.00. The zero-order valence-corrected chi connectivity index (χ0v) is 12.7. The topological polar surface area (TPSA) is 66.4 Å². The number of hydrogen-bond donors (Lipinski definition) is 2. The Bertz CT molecular complexity index is 684. The third-order valence-corrected chi connectivity index (χ3v) is 4.36. The molecule has 0 radical (unpaired) electrons. The van der Waals surface area contributed by atoms with Crippen LogP contribution < -0.4 is 5.32 Å². The Balaban J connectivity index is 1.92. The zero-order chi connectivity index (χ0) is 16.2. The number of nitrogens with one attached hydrogen (secondary N) is 1. The number of hydrogen-bond acceptors (Lipinski definition) is 3. The first kappa shape index (κ1) is 15.4. The van der Waals surface area contributed by atoms with Crippen molar-refractivity contribution in [1.82, 2.24) is 5.32 Å². The van der Waals surface area contributed by atoms with Crippen LogP contribution in [0.4, 0.5) is 0 Å². The zero-order valence-electron chi connectivity index (χ0n) is 12.7. The number of ketones is 1. The third kappa shape index (κ3) is 3.48. The van der Waals surface area contributed by atoms with Gasteiger partial charge in [0.15, 0.2) is 0 Å². The Kier molecular flexibility index (Phi) is 4.53. The summed E-state index contributed by atoms with van der Waals surface area (Å²) in [6.07, 6.45) is 0.179. The normalized spacial score (nSPS) is 24.3. The molecule has 2 aromatic carbocycles. The summed E-state index contributed by atoms with van der Waals surface area (Å²) in [6, 6.07) is 19.1. The van der Waals surface area contributed by atoms with Crippen molar-refractivity contribution in [3.05, 3.63) is 71.8 Å². The fourth-order valence-electron chi connectivity index (χ4n) is 3.24. The summed E-state index contributed by atoms with van der Waals surface area (Å²) in [6.45, 7) is 0. The molecular weight excluding hydrogens is 290 g/mol. The van der Waals surface area contributed by atoms with Crippen molar-refractivity contribution in [2.75, 3.05) is 0 Å². The molecule has 1 aliphatic heterocycles. The summed E-state index contributed by atoms with van der Waals surface area (Å²) in [7, 11) is 0. The molecule has 2 N–H and O–H groups in total. The molecule has 2 aromatic rings. The predicted molar refractivity (Wildman–Crippen MR) is 86.9 cm³/mol. The van der Waals surface area contributed by atoms with E-state index in [-0.39, 0.29) is 24.3 Å². The van der Waals surface area contributed by atoms with Gasteiger partial charge in [0.25, 0.3) is 0 Å². The molecule has 0 bridgehead atoms. The standard InChI is InChI=1S/C19H19NO3/c21-17-12-16(13-7-3-1-4-8-13)20-19(15(17)11-18(22)23)14-9-5-2-6-10-14/h1-10,15-16,19-20H,11-12H2,(H,22,23). The Labute approximate surface area is 135 Å². The largest absolute Gasteiger partial charge is 0.481 e. The van der Waals surface area contributed by atoms with E-state index in [1.165, 1.54) is 0 Å². The van der Waals surface area contributed by atoms with Gasteiger partial charge in [0.1, 0.15) is 5.78 Å². The fourth-order valence-corrected chi connectivity index (χ4v) is 3.24. The molecule has 1 saturated heterocycles. The number of aliphatic carboxylic acids is 1. The molecule has 4 heteroatoms. The summed E-state index contributed by atoms with van der Waals surface area (Å²) in [5.74, 6) is -1.46. The average molecular weight is 309 g/mol. The second kappa shape index (κ2) is 6.75. The Morgan fingerprint density at radius 3 is 2.13 bits per heavy atom. The molecule has 3 unspecified atom stereocenters. The van der Waals surface area contributed by atoms with E-state index in [1.807, 2.05) is 60.7 Å². The van der Waals surface area contributed by atoms with Crippen LogP contribution in [0.15, 0.2) is 60.7 Å². The number of rotatable bonds is 4.